The molecule has 0 saturated heterocycles. The van der Waals surface area contributed by atoms with Crippen molar-refractivity contribution >= 4 is 40.8 Å². The highest BCUT2D eigenvalue weighted by molar-refractivity contribution is 6.33. The van der Waals surface area contributed by atoms with Gasteiger partial charge in [-0.05, 0) is 36.8 Å². The van der Waals surface area contributed by atoms with Crippen LogP contribution in [0.2, 0.25) is 5.02 Å². The number of urea groups is 1. The van der Waals surface area contributed by atoms with Crippen molar-refractivity contribution in [2.75, 3.05) is 29.0 Å². The highest BCUT2D eigenvalue weighted by Crippen LogP contribution is 2.20. The van der Waals surface area contributed by atoms with Gasteiger partial charge in [0.15, 0.2) is 0 Å². The Hall–Kier alpha value is -3.39. The minimum Gasteiger partial charge on any atom is -0.368 e. The van der Waals surface area contributed by atoms with Gasteiger partial charge in [-0.25, -0.2) is 19.7 Å². The van der Waals surface area contributed by atoms with Crippen LogP contribution in [-0.4, -0.2) is 34.1 Å². The summed E-state index contributed by atoms with van der Waals surface area (Å²) in [5.41, 5.74) is 1.66. The first-order valence-corrected chi connectivity index (χ1v) is 9.03. The summed E-state index contributed by atoms with van der Waals surface area (Å²) in [5.74, 6) is 1.97. The van der Waals surface area contributed by atoms with Crippen LogP contribution in [0.4, 0.5) is 27.9 Å². The number of aromatic nitrogens is 3. The van der Waals surface area contributed by atoms with Crippen molar-refractivity contribution in [2.45, 2.75) is 6.92 Å². The molecule has 0 unspecified atom stereocenters. The number of pyridine rings is 1. The highest BCUT2D eigenvalue weighted by atomic mass is 35.5. The maximum Gasteiger partial charge on any atom is 0.319 e. The minimum absolute atomic E-state index is 0.328. The van der Waals surface area contributed by atoms with Gasteiger partial charge in [0.1, 0.15) is 23.8 Å². The first-order chi connectivity index (χ1) is 13.6. The average molecular weight is 398 g/mol. The number of halogens is 1. The molecule has 2 aromatic heterocycles. The quantitative estimate of drug-likeness (QED) is 0.452. The van der Waals surface area contributed by atoms with Gasteiger partial charge in [0.05, 0.1) is 10.7 Å². The summed E-state index contributed by atoms with van der Waals surface area (Å²) in [7, 11) is 0. The smallest absolute Gasteiger partial charge is 0.319 e. The number of rotatable bonds is 7. The third-order valence-corrected chi connectivity index (χ3v) is 4.01. The fraction of sp³-hybridized carbons (Fsp3) is 0.158. The second-order valence-corrected chi connectivity index (χ2v) is 6.33. The van der Waals surface area contributed by atoms with Gasteiger partial charge in [-0.3, -0.25) is 0 Å². The molecule has 3 aromatic rings. The third-order valence-electron chi connectivity index (χ3n) is 3.68. The number of benzene rings is 1. The van der Waals surface area contributed by atoms with Crippen molar-refractivity contribution in [1.82, 2.24) is 20.3 Å². The van der Waals surface area contributed by atoms with Crippen molar-refractivity contribution in [3.63, 3.8) is 0 Å². The zero-order valence-corrected chi connectivity index (χ0v) is 16.0. The number of anilines is 4. The van der Waals surface area contributed by atoms with E-state index in [1.54, 1.807) is 36.5 Å². The summed E-state index contributed by atoms with van der Waals surface area (Å²) in [6.45, 7) is 2.90. The molecule has 0 spiro atoms. The predicted octanol–water partition coefficient (Wildman–Crippen LogP) is 3.81. The van der Waals surface area contributed by atoms with Crippen LogP contribution in [0.25, 0.3) is 0 Å². The van der Waals surface area contributed by atoms with E-state index in [-0.39, 0.29) is 6.03 Å². The maximum atomic E-state index is 11.9. The van der Waals surface area contributed by atoms with E-state index in [2.05, 4.69) is 36.2 Å². The summed E-state index contributed by atoms with van der Waals surface area (Å²) < 4.78 is 0. The van der Waals surface area contributed by atoms with Gasteiger partial charge in [0, 0.05) is 25.4 Å². The zero-order chi connectivity index (χ0) is 19.8. The lowest BCUT2D eigenvalue weighted by molar-refractivity contribution is 0.252. The maximum absolute atomic E-state index is 11.9. The molecule has 1 aromatic carbocycles. The molecule has 9 heteroatoms. The Morgan fingerprint density at radius 3 is 2.61 bits per heavy atom. The molecule has 0 atom stereocenters. The molecule has 0 bridgehead atoms. The largest absolute Gasteiger partial charge is 0.368 e. The molecule has 0 fully saturated rings. The normalized spacial score (nSPS) is 10.2. The first kappa shape index (κ1) is 19.4. The molecular weight excluding hydrogens is 378 g/mol. The fourth-order valence-electron chi connectivity index (χ4n) is 2.35. The first-order valence-electron chi connectivity index (χ1n) is 8.65. The highest BCUT2D eigenvalue weighted by Gasteiger charge is 2.04. The van der Waals surface area contributed by atoms with Crippen LogP contribution in [0.3, 0.4) is 0 Å². The van der Waals surface area contributed by atoms with Gasteiger partial charge in [-0.2, -0.15) is 0 Å². The molecule has 8 nitrogen and oxygen atoms in total. The van der Waals surface area contributed by atoms with Gasteiger partial charge in [0.2, 0.25) is 0 Å². The molecular formula is C19H20ClN7O. The number of hydrogen-bond acceptors (Lipinski definition) is 6. The predicted molar refractivity (Wildman–Crippen MR) is 111 cm³/mol. The van der Waals surface area contributed by atoms with E-state index in [4.69, 9.17) is 11.6 Å². The second-order valence-electron chi connectivity index (χ2n) is 5.92. The topological polar surface area (TPSA) is 104 Å². The third kappa shape index (κ3) is 5.82. The lowest BCUT2D eigenvalue weighted by atomic mass is 10.3. The number of nitrogens with one attached hydrogen (secondary N) is 4. The van der Waals surface area contributed by atoms with Crippen LogP contribution in [-0.2, 0) is 0 Å². The number of para-hydroxylation sites is 1. The number of amides is 2. The van der Waals surface area contributed by atoms with Gasteiger partial charge in [0.25, 0.3) is 0 Å². The molecule has 0 radical (unpaired) electrons. The van der Waals surface area contributed by atoms with Gasteiger partial charge in [-0.15, -0.1) is 0 Å². The van der Waals surface area contributed by atoms with Gasteiger partial charge < -0.3 is 21.3 Å². The van der Waals surface area contributed by atoms with Gasteiger partial charge in [-0.1, -0.05) is 23.7 Å². The molecule has 0 aliphatic carbocycles. The van der Waals surface area contributed by atoms with Crippen LogP contribution in [0.15, 0.2) is 55.0 Å². The van der Waals surface area contributed by atoms with E-state index in [1.807, 2.05) is 19.1 Å². The molecule has 0 aliphatic heterocycles. The van der Waals surface area contributed by atoms with E-state index < -0.39 is 0 Å². The molecule has 28 heavy (non-hydrogen) atoms. The molecule has 2 amide bonds. The molecule has 4 N–H and O–H groups in total. The number of nitrogens with zero attached hydrogens (tertiary/aromatic N) is 3. The SMILES string of the molecule is Cc1ccnc(Nc2cc(NCCNC(=O)Nc3ccccc3Cl)ncn2)c1. The summed E-state index contributed by atoms with van der Waals surface area (Å²) in [6, 6.07) is 12.3. The van der Waals surface area contributed by atoms with E-state index in [9.17, 15) is 4.79 Å². The Bertz CT molecular complexity index is 951. The number of hydrogen-bond donors (Lipinski definition) is 4. The van der Waals surface area contributed by atoms with Crippen molar-refractivity contribution in [2.24, 2.45) is 0 Å². The average Bonchev–Trinajstić information content (AvgIpc) is 2.67. The number of aryl methyl sites for hydroxylation is 1. The number of carbonyl (C=O) groups excluding carboxylic acids is 1. The van der Waals surface area contributed by atoms with E-state index in [0.29, 0.717) is 41.3 Å². The summed E-state index contributed by atoms with van der Waals surface area (Å²) in [4.78, 5) is 24.5. The monoisotopic (exact) mass is 397 g/mol. The van der Waals surface area contributed by atoms with E-state index >= 15 is 0 Å². The summed E-state index contributed by atoms with van der Waals surface area (Å²) >= 11 is 6.01. The van der Waals surface area contributed by atoms with Crippen LogP contribution in [0, 0.1) is 6.92 Å². The van der Waals surface area contributed by atoms with Crippen LogP contribution in [0.5, 0.6) is 0 Å². The van der Waals surface area contributed by atoms with Crippen LogP contribution >= 0.6 is 11.6 Å². The Morgan fingerprint density at radius 2 is 1.79 bits per heavy atom. The summed E-state index contributed by atoms with van der Waals surface area (Å²) in [5, 5.41) is 12.2. The molecule has 144 valence electrons. The van der Waals surface area contributed by atoms with E-state index in [0.717, 1.165) is 5.56 Å². The van der Waals surface area contributed by atoms with Crippen LogP contribution < -0.4 is 21.3 Å². The van der Waals surface area contributed by atoms with Crippen molar-refractivity contribution < 1.29 is 4.79 Å². The molecule has 3 rings (SSSR count). The minimum atomic E-state index is -0.328. The van der Waals surface area contributed by atoms with Crippen LogP contribution in [0.1, 0.15) is 5.56 Å². The lowest BCUT2D eigenvalue weighted by Gasteiger charge is -2.10. The van der Waals surface area contributed by atoms with E-state index in [1.165, 1.54) is 6.33 Å². The Kier molecular flexibility index (Phi) is 6.59. The molecule has 0 aliphatic rings. The Labute approximate surface area is 167 Å². The molecule has 0 saturated carbocycles. The fourth-order valence-corrected chi connectivity index (χ4v) is 2.54. The van der Waals surface area contributed by atoms with Crippen molar-refractivity contribution in [3.05, 3.63) is 65.6 Å². The standard InChI is InChI=1S/C19H20ClN7O/c1-13-6-7-21-17(10-13)27-18-11-16(24-12-25-18)22-8-9-23-19(28)26-15-5-3-2-4-14(15)20/h2-7,10-12H,8-9H2,1H3,(H2,23,26,28)(H2,21,22,24,25,27). The van der Waals surface area contributed by atoms with Crippen molar-refractivity contribution in [3.8, 4) is 0 Å². The lowest BCUT2D eigenvalue weighted by Crippen LogP contribution is -2.32. The Balaban J connectivity index is 1.45. The zero-order valence-electron chi connectivity index (χ0n) is 15.2. The molecule has 2 heterocycles. The number of carbonyl (C=O) groups is 1. The van der Waals surface area contributed by atoms with Gasteiger partial charge >= 0.3 is 6.03 Å². The Morgan fingerprint density at radius 1 is 1.00 bits per heavy atom. The second kappa shape index (κ2) is 9.52. The summed E-state index contributed by atoms with van der Waals surface area (Å²) in [6.07, 6.45) is 3.19. The van der Waals surface area contributed by atoms with Crippen molar-refractivity contribution in [1.29, 1.82) is 0 Å².